The fourth-order valence-corrected chi connectivity index (χ4v) is 3.69. The third kappa shape index (κ3) is 2.37. The van der Waals surface area contributed by atoms with Gasteiger partial charge in [-0.05, 0) is 37.6 Å². The summed E-state index contributed by atoms with van der Waals surface area (Å²) < 4.78 is 11.4. The molecule has 2 aliphatic rings. The minimum Gasteiger partial charge on any atom is -0.370 e. The Bertz CT molecular complexity index is 462. The zero-order valence-electron chi connectivity index (χ0n) is 12.7. The van der Waals surface area contributed by atoms with Gasteiger partial charge in [0.1, 0.15) is 5.60 Å². The van der Waals surface area contributed by atoms with Gasteiger partial charge in [-0.1, -0.05) is 25.4 Å². The van der Waals surface area contributed by atoms with E-state index in [-0.39, 0.29) is 5.60 Å². The van der Waals surface area contributed by atoms with Gasteiger partial charge in [-0.2, -0.15) is 4.98 Å². The third-order valence-corrected chi connectivity index (χ3v) is 5.03. The molecule has 1 aliphatic carbocycles. The Morgan fingerprint density at radius 1 is 1.35 bits per heavy atom. The lowest BCUT2D eigenvalue weighted by atomic mass is 9.78. The maximum Gasteiger partial charge on any atom is 0.231 e. The van der Waals surface area contributed by atoms with Gasteiger partial charge in [0, 0.05) is 13.7 Å². The van der Waals surface area contributed by atoms with E-state index in [0.29, 0.717) is 17.8 Å². The van der Waals surface area contributed by atoms with Crippen LogP contribution in [-0.2, 0) is 10.3 Å². The second-order valence-electron chi connectivity index (χ2n) is 6.60. The summed E-state index contributed by atoms with van der Waals surface area (Å²) in [5.74, 6) is 3.06. The number of methoxy groups -OCH3 is 1. The average molecular weight is 279 g/mol. The van der Waals surface area contributed by atoms with Gasteiger partial charge in [0.05, 0.1) is 5.92 Å². The normalized spacial score (nSPS) is 38.2. The van der Waals surface area contributed by atoms with Crippen molar-refractivity contribution in [1.82, 2.24) is 15.5 Å². The Balaban J connectivity index is 1.84. The predicted octanol–water partition coefficient (Wildman–Crippen LogP) is 2.44. The number of nitrogens with one attached hydrogen (secondary N) is 1. The molecule has 1 aromatic heterocycles. The van der Waals surface area contributed by atoms with Crippen molar-refractivity contribution in [3.8, 4) is 0 Å². The first-order valence-corrected chi connectivity index (χ1v) is 7.74. The van der Waals surface area contributed by atoms with Crippen LogP contribution in [0.25, 0.3) is 0 Å². The zero-order chi connectivity index (χ0) is 14.2. The highest BCUT2D eigenvalue weighted by atomic mass is 16.5. The van der Waals surface area contributed by atoms with Gasteiger partial charge in [-0.25, -0.2) is 0 Å². The lowest BCUT2D eigenvalue weighted by Gasteiger charge is -2.36. The number of hydrogen-bond acceptors (Lipinski definition) is 5. The van der Waals surface area contributed by atoms with Crippen LogP contribution in [0.3, 0.4) is 0 Å². The van der Waals surface area contributed by atoms with Crippen molar-refractivity contribution in [2.24, 2.45) is 11.8 Å². The maximum absolute atomic E-state index is 5.84. The second-order valence-corrected chi connectivity index (χ2v) is 6.60. The van der Waals surface area contributed by atoms with E-state index < -0.39 is 0 Å². The fraction of sp³-hybridized carbons (Fsp3) is 0.867. The molecule has 2 fully saturated rings. The minimum absolute atomic E-state index is 0.339. The van der Waals surface area contributed by atoms with Crippen LogP contribution < -0.4 is 5.32 Å². The number of ether oxygens (including phenoxy) is 1. The van der Waals surface area contributed by atoms with Crippen LogP contribution in [0.2, 0.25) is 0 Å². The molecule has 5 heteroatoms. The molecule has 1 N–H and O–H groups in total. The molecular weight excluding hydrogens is 254 g/mol. The van der Waals surface area contributed by atoms with Gasteiger partial charge in [-0.3, -0.25) is 0 Å². The standard InChI is InChI=1S/C15H25N3O2/c1-10-5-4-6-15(7-10,19-3)14-17-13(20-18-14)12-9-16-8-11(12)2/h10-12,16H,4-9H2,1-3H3/t10?,11-,12-,15?/m1/s1. The zero-order valence-corrected chi connectivity index (χ0v) is 12.7. The van der Waals surface area contributed by atoms with Crippen molar-refractivity contribution in [3.05, 3.63) is 11.7 Å². The minimum atomic E-state index is -0.339. The van der Waals surface area contributed by atoms with Gasteiger partial charge < -0.3 is 14.6 Å². The maximum atomic E-state index is 5.84. The first-order chi connectivity index (χ1) is 9.64. The van der Waals surface area contributed by atoms with E-state index in [9.17, 15) is 0 Å². The summed E-state index contributed by atoms with van der Waals surface area (Å²) in [6, 6.07) is 0. The first-order valence-electron chi connectivity index (χ1n) is 7.74. The molecule has 0 spiro atoms. The van der Waals surface area contributed by atoms with Crippen LogP contribution in [0, 0.1) is 11.8 Å². The van der Waals surface area contributed by atoms with E-state index in [4.69, 9.17) is 14.2 Å². The average Bonchev–Trinajstić information content (AvgIpc) is 3.07. The molecule has 0 bridgehead atoms. The summed E-state index contributed by atoms with van der Waals surface area (Å²) in [4.78, 5) is 4.70. The molecule has 0 aromatic carbocycles. The van der Waals surface area contributed by atoms with Crippen LogP contribution in [0.1, 0.15) is 57.2 Å². The van der Waals surface area contributed by atoms with E-state index in [2.05, 4.69) is 24.3 Å². The highest BCUT2D eigenvalue weighted by molar-refractivity contribution is 5.08. The Morgan fingerprint density at radius 3 is 2.85 bits per heavy atom. The lowest BCUT2D eigenvalue weighted by Crippen LogP contribution is -2.35. The van der Waals surface area contributed by atoms with Crippen molar-refractivity contribution < 1.29 is 9.26 Å². The first kappa shape index (κ1) is 14.0. The predicted molar refractivity (Wildman–Crippen MR) is 75.4 cm³/mol. The van der Waals surface area contributed by atoms with Crippen LogP contribution in [0.15, 0.2) is 4.52 Å². The van der Waals surface area contributed by atoms with Gasteiger partial charge in [-0.15, -0.1) is 0 Å². The molecule has 20 heavy (non-hydrogen) atoms. The summed E-state index contributed by atoms with van der Waals surface area (Å²) in [5.41, 5.74) is -0.339. The van der Waals surface area contributed by atoms with Crippen LogP contribution in [-0.4, -0.2) is 30.3 Å². The Kier molecular flexibility index (Phi) is 3.82. The number of aromatic nitrogens is 2. The molecule has 0 radical (unpaired) electrons. The summed E-state index contributed by atoms with van der Waals surface area (Å²) >= 11 is 0. The van der Waals surface area contributed by atoms with Crippen molar-refractivity contribution in [2.45, 2.75) is 51.0 Å². The van der Waals surface area contributed by atoms with Gasteiger partial charge >= 0.3 is 0 Å². The van der Waals surface area contributed by atoms with E-state index in [1.165, 1.54) is 12.8 Å². The second kappa shape index (κ2) is 5.45. The highest BCUT2D eigenvalue weighted by Crippen LogP contribution is 2.41. The molecule has 3 rings (SSSR count). The fourth-order valence-electron chi connectivity index (χ4n) is 3.69. The van der Waals surface area contributed by atoms with Crippen molar-refractivity contribution >= 4 is 0 Å². The topological polar surface area (TPSA) is 60.2 Å². The van der Waals surface area contributed by atoms with Gasteiger partial charge in [0.2, 0.25) is 11.7 Å². The molecule has 1 saturated carbocycles. The van der Waals surface area contributed by atoms with E-state index in [1.807, 2.05) is 0 Å². The Morgan fingerprint density at radius 2 is 2.20 bits per heavy atom. The summed E-state index contributed by atoms with van der Waals surface area (Å²) in [5, 5.41) is 7.64. The van der Waals surface area contributed by atoms with Crippen molar-refractivity contribution in [2.75, 3.05) is 20.2 Å². The molecule has 1 aliphatic heterocycles. The largest absolute Gasteiger partial charge is 0.370 e. The summed E-state index contributed by atoms with van der Waals surface area (Å²) in [7, 11) is 1.77. The van der Waals surface area contributed by atoms with Crippen LogP contribution in [0.5, 0.6) is 0 Å². The van der Waals surface area contributed by atoms with E-state index >= 15 is 0 Å². The van der Waals surface area contributed by atoms with Crippen molar-refractivity contribution in [3.63, 3.8) is 0 Å². The smallest absolute Gasteiger partial charge is 0.231 e. The van der Waals surface area contributed by atoms with E-state index in [0.717, 1.165) is 37.6 Å². The van der Waals surface area contributed by atoms with Crippen molar-refractivity contribution in [1.29, 1.82) is 0 Å². The molecule has 0 amide bonds. The van der Waals surface area contributed by atoms with Crippen LogP contribution >= 0.6 is 0 Å². The molecule has 1 saturated heterocycles. The molecule has 2 unspecified atom stereocenters. The number of rotatable bonds is 3. The highest BCUT2D eigenvalue weighted by Gasteiger charge is 2.42. The molecule has 5 nitrogen and oxygen atoms in total. The Labute approximate surface area is 120 Å². The molecular formula is C15H25N3O2. The summed E-state index contributed by atoms with van der Waals surface area (Å²) in [6.07, 6.45) is 4.41. The summed E-state index contributed by atoms with van der Waals surface area (Å²) in [6.45, 7) is 6.45. The number of hydrogen-bond donors (Lipinski definition) is 1. The third-order valence-electron chi connectivity index (χ3n) is 5.03. The van der Waals surface area contributed by atoms with Gasteiger partial charge in [0.15, 0.2) is 0 Å². The number of nitrogens with zero attached hydrogens (tertiary/aromatic N) is 2. The lowest BCUT2D eigenvalue weighted by molar-refractivity contribution is -0.0658. The molecule has 2 heterocycles. The Hall–Kier alpha value is -0.940. The SMILES string of the molecule is COC1(c2noc([C@@H]3CNC[C@H]3C)n2)CCCC(C)C1. The quantitative estimate of drug-likeness (QED) is 0.921. The van der Waals surface area contributed by atoms with E-state index in [1.54, 1.807) is 7.11 Å². The van der Waals surface area contributed by atoms with Crippen LogP contribution in [0.4, 0.5) is 0 Å². The monoisotopic (exact) mass is 279 g/mol. The molecule has 1 aromatic rings. The van der Waals surface area contributed by atoms with Gasteiger partial charge in [0.25, 0.3) is 0 Å². The molecule has 112 valence electrons. The molecule has 4 atom stereocenters.